The van der Waals surface area contributed by atoms with Gasteiger partial charge in [0.25, 0.3) is 0 Å². The molecule has 25 nitrogen and oxygen atoms in total. The van der Waals surface area contributed by atoms with Gasteiger partial charge in [-0.15, -0.1) is 0 Å². The van der Waals surface area contributed by atoms with Gasteiger partial charge < -0.3 is 74.0 Å². The Morgan fingerprint density at radius 2 is 0.939 bits per heavy atom. The molecule has 0 aromatic rings. The summed E-state index contributed by atoms with van der Waals surface area (Å²) in [6, 6.07) is -11.4. The van der Waals surface area contributed by atoms with Crippen molar-refractivity contribution < 1.29 is 73.2 Å². The van der Waals surface area contributed by atoms with E-state index in [1.54, 1.807) is 27.7 Å². The number of carboxylic acids is 2. The normalized spacial score (nSPS) is 16.2. The van der Waals surface area contributed by atoms with Crippen molar-refractivity contribution in [1.29, 1.82) is 0 Å². The van der Waals surface area contributed by atoms with Gasteiger partial charge in [0, 0.05) is 0 Å². The van der Waals surface area contributed by atoms with Gasteiger partial charge in [-0.25, -0.2) is 4.79 Å². The number of carbonyl (C=O) groups is 11. The molecule has 0 saturated carbocycles. The molecule has 0 radical (unpaired) electrons. The number of nitrogens with two attached hydrogens (primary N) is 1. The summed E-state index contributed by atoms with van der Waals surface area (Å²) in [6.07, 6.45) is -1.75. The van der Waals surface area contributed by atoms with Crippen LogP contribution in [0.4, 0.5) is 0 Å². The van der Waals surface area contributed by atoms with E-state index in [1.807, 2.05) is 13.8 Å². The SMILES string of the molecule is CC[C@H](C)[C@H](NC(=O)[C@@H](NC(=O)[C@H](CO)NC(=O)[C@@H](CC(=O)O)NC(=O)[C@@H](NC(=O)CNC(=O)[C@@H](NC(=O)CNC(=O)[C@H](CC(C)C)NC(=O)[C@H](C)N)[C@@H](C)CC)[C@@H](C)O)C(C)C)C(=O)O. The van der Waals surface area contributed by atoms with Gasteiger partial charge in [0.05, 0.1) is 38.3 Å². The number of amides is 9. The zero-order chi connectivity index (χ0) is 51.2. The number of hydrogen-bond donors (Lipinski definition) is 14. The van der Waals surface area contributed by atoms with Gasteiger partial charge in [-0.3, -0.25) is 47.9 Å². The van der Waals surface area contributed by atoms with Crippen LogP contribution in [0.15, 0.2) is 0 Å². The number of rotatable bonds is 30. The number of carbonyl (C=O) groups excluding carboxylic acids is 9. The molecule has 0 aliphatic rings. The first-order valence-electron chi connectivity index (χ1n) is 21.8. The quantitative estimate of drug-likeness (QED) is 0.0324. The molecule has 0 heterocycles. The van der Waals surface area contributed by atoms with E-state index in [2.05, 4.69) is 47.9 Å². The predicted molar refractivity (Wildman–Crippen MR) is 235 cm³/mol. The molecule has 25 heteroatoms. The monoisotopic (exact) mass is 945 g/mol. The molecule has 0 spiro atoms. The summed E-state index contributed by atoms with van der Waals surface area (Å²) in [5, 5.41) is 60.3. The minimum absolute atomic E-state index is 0.0110. The predicted octanol–water partition coefficient (Wildman–Crippen LogP) is -4.31. The fraction of sp³-hybridized carbons (Fsp3) is 0.732. The summed E-state index contributed by atoms with van der Waals surface area (Å²) in [5.41, 5.74) is 5.60. The molecule has 0 bridgehead atoms. The Morgan fingerprint density at radius 1 is 0.500 bits per heavy atom. The van der Waals surface area contributed by atoms with E-state index in [0.29, 0.717) is 12.8 Å². The standard InChI is InChI=1S/C41H72N10O15/c1-11-20(7)31(48-27(54)15-43-35(59)24(13-18(3)4)45-34(58)22(9)42)38(62)44-16-28(55)49-33(23(10)53)40(64)46-25(14-29(56)57)36(60)47-26(17-52)37(61)50-30(19(5)6)39(63)51-32(41(65)66)21(8)12-2/h18-26,30-33,52-53H,11-17,42H2,1-10H3,(H,43,59)(H,44,62)(H,45,58)(H,46,64)(H,47,60)(H,48,54)(H,49,55)(H,50,61)(H,51,63)(H,56,57)(H,65,66)/t20-,21-,22-,23+,24-,25+,26-,30-,31-,32-,33-/m0/s1. The minimum atomic E-state index is -1.97. The first-order chi connectivity index (χ1) is 30.6. The maximum atomic E-state index is 13.3. The van der Waals surface area contributed by atoms with E-state index >= 15 is 0 Å². The lowest BCUT2D eigenvalue weighted by atomic mass is 9.97. The number of hydrogen-bond acceptors (Lipinski definition) is 14. The number of aliphatic hydroxyl groups excluding tert-OH is 2. The van der Waals surface area contributed by atoms with Crippen LogP contribution in [0.2, 0.25) is 0 Å². The van der Waals surface area contributed by atoms with Gasteiger partial charge in [-0.05, 0) is 43.9 Å². The van der Waals surface area contributed by atoms with Crippen LogP contribution in [0, 0.1) is 23.7 Å². The number of carboxylic acid groups (broad SMARTS) is 2. The van der Waals surface area contributed by atoms with E-state index in [1.165, 1.54) is 20.8 Å². The zero-order valence-corrected chi connectivity index (χ0v) is 39.3. The van der Waals surface area contributed by atoms with E-state index in [4.69, 9.17) is 5.73 Å². The van der Waals surface area contributed by atoms with Crippen LogP contribution in [-0.2, 0) is 52.7 Å². The topological polar surface area (TPSA) is 403 Å². The van der Waals surface area contributed by atoms with E-state index < -0.39 is 163 Å². The molecule has 9 amide bonds. The maximum Gasteiger partial charge on any atom is 0.326 e. The van der Waals surface area contributed by atoms with Gasteiger partial charge in [-0.1, -0.05) is 68.2 Å². The molecule has 0 aromatic heterocycles. The van der Waals surface area contributed by atoms with Gasteiger partial charge in [0.1, 0.15) is 42.3 Å². The number of aliphatic carboxylic acids is 2. The molecule has 66 heavy (non-hydrogen) atoms. The Balaban J connectivity index is 5.84. The molecule has 0 saturated heterocycles. The summed E-state index contributed by atoms with van der Waals surface area (Å²) in [4.78, 5) is 140. The molecule has 0 aliphatic heterocycles. The Labute approximate surface area is 384 Å². The second-order valence-electron chi connectivity index (χ2n) is 17.0. The van der Waals surface area contributed by atoms with Crippen molar-refractivity contribution in [2.24, 2.45) is 29.4 Å². The lowest BCUT2D eigenvalue weighted by molar-refractivity contribution is -0.144. The van der Waals surface area contributed by atoms with Crippen molar-refractivity contribution in [3.8, 4) is 0 Å². The molecule has 15 N–H and O–H groups in total. The molecule has 0 unspecified atom stereocenters. The highest BCUT2D eigenvalue weighted by Gasteiger charge is 2.36. The fourth-order valence-corrected chi connectivity index (χ4v) is 5.96. The second-order valence-corrected chi connectivity index (χ2v) is 17.0. The highest BCUT2D eigenvalue weighted by molar-refractivity contribution is 5.98. The number of nitrogens with one attached hydrogen (secondary N) is 9. The molecule has 0 aliphatic carbocycles. The van der Waals surface area contributed by atoms with Crippen LogP contribution in [-0.4, -0.2) is 160 Å². The molecule has 0 fully saturated rings. The molecular formula is C41H72N10O15. The first-order valence-corrected chi connectivity index (χ1v) is 21.8. The van der Waals surface area contributed by atoms with Crippen LogP contribution in [0.25, 0.3) is 0 Å². The van der Waals surface area contributed by atoms with Crippen molar-refractivity contribution in [2.75, 3.05) is 19.7 Å². The largest absolute Gasteiger partial charge is 0.481 e. The van der Waals surface area contributed by atoms with Crippen LogP contribution < -0.4 is 53.6 Å². The molecule has 0 rings (SSSR count). The Morgan fingerprint density at radius 3 is 1.38 bits per heavy atom. The summed E-state index contributed by atoms with van der Waals surface area (Å²) < 4.78 is 0. The van der Waals surface area contributed by atoms with Crippen molar-refractivity contribution >= 4 is 65.1 Å². The first kappa shape index (κ1) is 60.1. The minimum Gasteiger partial charge on any atom is -0.481 e. The smallest absolute Gasteiger partial charge is 0.326 e. The highest BCUT2D eigenvalue weighted by Crippen LogP contribution is 2.12. The zero-order valence-electron chi connectivity index (χ0n) is 39.3. The Hall–Kier alpha value is -5.95. The highest BCUT2D eigenvalue weighted by atomic mass is 16.4. The lowest BCUT2D eigenvalue weighted by Crippen LogP contribution is -2.62. The van der Waals surface area contributed by atoms with Crippen molar-refractivity contribution in [3.05, 3.63) is 0 Å². The molecule has 11 atom stereocenters. The third-order valence-corrected chi connectivity index (χ3v) is 10.3. The summed E-state index contributed by atoms with van der Waals surface area (Å²) in [5.74, 6) is -13.0. The molecular weight excluding hydrogens is 873 g/mol. The van der Waals surface area contributed by atoms with Crippen LogP contribution in [0.1, 0.15) is 94.9 Å². The van der Waals surface area contributed by atoms with Crippen LogP contribution in [0.3, 0.4) is 0 Å². The Bertz CT molecular complexity index is 1710. The number of aliphatic hydroxyl groups is 2. The van der Waals surface area contributed by atoms with Gasteiger partial charge in [0.2, 0.25) is 53.2 Å². The van der Waals surface area contributed by atoms with Crippen molar-refractivity contribution in [2.45, 2.75) is 149 Å². The molecule has 376 valence electrons. The summed E-state index contributed by atoms with van der Waals surface area (Å²) in [6.45, 7) is 13.5. The van der Waals surface area contributed by atoms with Crippen molar-refractivity contribution in [1.82, 2.24) is 47.9 Å². The van der Waals surface area contributed by atoms with Gasteiger partial charge >= 0.3 is 11.9 Å². The van der Waals surface area contributed by atoms with E-state index in [-0.39, 0.29) is 12.3 Å². The lowest BCUT2D eigenvalue weighted by Gasteiger charge is -2.28. The molecule has 0 aromatic carbocycles. The fourth-order valence-electron chi connectivity index (χ4n) is 5.96. The average Bonchev–Trinajstić information content (AvgIpc) is 3.23. The van der Waals surface area contributed by atoms with Crippen LogP contribution >= 0.6 is 0 Å². The van der Waals surface area contributed by atoms with E-state index in [0.717, 1.165) is 6.92 Å². The average molecular weight is 945 g/mol. The maximum absolute atomic E-state index is 13.3. The summed E-state index contributed by atoms with van der Waals surface area (Å²) in [7, 11) is 0. The third kappa shape index (κ3) is 21.4. The Kier molecular flexibility index (Phi) is 26.9. The van der Waals surface area contributed by atoms with Crippen molar-refractivity contribution in [3.63, 3.8) is 0 Å². The van der Waals surface area contributed by atoms with Crippen LogP contribution in [0.5, 0.6) is 0 Å². The van der Waals surface area contributed by atoms with Gasteiger partial charge in [0.15, 0.2) is 0 Å². The van der Waals surface area contributed by atoms with E-state index in [9.17, 15) is 73.2 Å². The summed E-state index contributed by atoms with van der Waals surface area (Å²) >= 11 is 0. The van der Waals surface area contributed by atoms with Gasteiger partial charge in [-0.2, -0.15) is 0 Å². The second kappa shape index (κ2) is 29.6. The third-order valence-electron chi connectivity index (χ3n) is 10.3.